The number of ether oxygens (including phenoxy) is 1. The van der Waals surface area contributed by atoms with Crippen LogP contribution < -0.4 is 21.1 Å². The third kappa shape index (κ3) is 1.55. The Morgan fingerprint density at radius 3 is 2.45 bits per heavy atom. The van der Waals surface area contributed by atoms with Gasteiger partial charge in [-0.25, -0.2) is 0 Å². The maximum Gasteiger partial charge on any atom is 0.252 e. The van der Waals surface area contributed by atoms with Crippen LogP contribution in [0.4, 0.5) is 0 Å². The Morgan fingerprint density at radius 1 is 0.586 bits per heavy atom. The van der Waals surface area contributed by atoms with E-state index < -0.39 is 0 Å². The molecule has 0 amide bonds. The number of furan rings is 1. The summed E-state index contributed by atoms with van der Waals surface area (Å²) in [6.07, 6.45) is 0. The highest BCUT2D eigenvalue weighted by Crippen LogP contribution is 2.41. The second kappa shape index (κ2) is 4.64. The van der Waals surface area contributed by atoms with Gasteiger partial charge in [-0.05, 0) is 45.3 Å². The highest BCUT2D eigenvalue weighted by molar-refractivity contribution is 7.01. The number of rotatable bonds is 0. The average molecular weight is 368 g/mol. The van der Waals surface area contributed by atoms with Gasteiger partial charge in [0.15, 0.2) is 0 Å². The van der Waals surface area contributed by atoms with Crippen LogP contribution in [0, 0.1) is 0 Å². The van der Waals surface area contributed by atoms with Gasteiger partial charge in [-0.15, -0.1) is 0 Å². The van der Waals surface area contributed by atoms with E-state index in [0.29, 0.717) is 0 Å². The van der Waals surface area contributed by atoms with E-state index in [9.17, 15) is 0 Å². The largest absolute Gasteiger partial charge is 0.458 e. The van der Waals surface area contributed by atoms with Crippen molar-refractivity contribution in [2.75, 3.05) is 0 Å². The Hall–Kier alpha value is -3.72. The average Bonchev–Trinajstić information content (AvgIpc) is 3.16. The molecule has 8 rings (SSSR count). The first-order valence-corrected chi connectivity index (χ1v) is 9.99. The Balaban J connectivity index is 1.64. The van der Waals surface area contributed by atoms with Crippen LogP contribution >= 0.6 is 0 Å². The Bertz CT molecular complexity index is 1690. The number of hydrogen-bond acceptors (Lipinski definition) is 2. The molecule has 0 N–H and O–H groups in total. The second-order valence-corrected chi connectivity index (χ2v) is 8.08. The summed E-state index contributed by atoms with van der Waals surface area (Å²) in [5.41, 5.74) is 5.75. The summed E-state index contributed by atoms with van der Waals surface area (Å²) in [6, 6.07) is 27.9. The van der Waals surface area contributed by atoms with Gasteiger partial charge in [0.2, 0.25) is 0 Å². The van der Waals surface area contributed by atoms with E-state index in [1.54, 1.807) is 0 Å². The zero-order valence-electron chi connectivity index (χ0n) is 15.4. The summed E-state index contributed by atoms with van der Waals surface area (Å²) in [5, 5.41) is 7.38. The molecule has 132 valence electrons. The lowest BCUT2D eigenvalue weighted by molar-refractivity contribution is 0.494. The summed E-state index contributed by atoms with van der Waals surface area (Å²) in [4.78, 5) is 0. The third-order valence-corrected chi connectivity index (χ3v) is 6.71. The number of benzene rings is 5. The van der Waals surface area contributed by atoms with Gasteiger partial charge < -0.3 is 9.15 Å². The van der Waals surface area contributed by atoms with Crippen molar-refractivity contribution in [1.82, 2.24) is 0 Å². The first kappa shape index (κ1) is 14.3. The zero-order chi connectivity index (χ0) is 18.7. The molecule has 6 aromatic rings. The van der Waals surface area contributed by atoms with E-state index in [1.165, 1.54) is 48.7 Å². The summed E-state index contributed by atoms with van der Waals surface area (Å²) >= 11 is 0. The van der Waals surface area contributed by atoms with Crippen LogP contribution in [0.3, 0.4) is 0 Å². The topological polar surface area (TPSA) is 22.4 Å². The van der Waals surface area contributed by atoms with Gasteiger partial charge >= 0.3 is 0 Å². The summed E-state index contributed by atoms with van der Waals surface area (Å²) in [6.45, 7) is 0.154. The minimum Gasteiger partial charge on any atom is -0.458 e. The fourth-order valence-corrected chi connectivity index (χ4v) is 5.57. The van der Waals surface area contributed by atoms with Crippen LogP contribution in [0.15, 0.2) is 83.3 Å². The van der Waals surface area contributed by atoms with Crippen molar-refractivity contribution in [3.63, 3.8) is 0 Å². The van der Waals surface area contributed by atoms with E-state index in [-0.39, 0.29) is 6.71 Å². The van der Waals surface area contributed by atoms with Crippen molar-refractivity contribution in [2.45, 2.75) is 0 Å². The maximum atomic E-state index is 6.59. The Labute approximate surface area is 166 Å². The smallest absolute Gasteiger partial charge is 0.252 e. The first-order valence-electron chi connectivity index (χ1n) is 9.99. The summed E-state index contributed by atoms with van der Waals surface area (Å²) < 4.78 is 12.8. The SMILES string of the molecule is c1ccc2c3c(ccc2c1)B1c2c(ccc4ccc5oc6cccc1c6c5c24)O3. The second-order valence-electron chi connectivity index (χ2n) is 8.08. The quantitative estimate of drug-likeness (QED) is 0.358. The first-order chi connectivity index (χ1) is 14.4. The molecule has 0 saturated heterocycles. The third-order valence-electron chi connectivity index (χ3n) is 6.71. The zero-order valence-corrected chi connectivity index (χ0v) is 15.4. The lowest BCUT2D eigenvalue weighted by Crippen LogP contribution is -2.56. The normalized spacial score (nSPS) is 13.7. The summed E-state index contributed by atoms with van der Waals surface area (Å²) in [7, 11) is 0. The van der Waals surface area contributed by atoms with Crippen molar-refractivity contribution in [2.24, 2.45) is 0 Å². The van der Waals surface area contributed by atoms with Gasteiger partial charge in [0.25, 0.3) is 6.71 Å². The van der Waals surface area contributed by atoms with Crippen molar-refractivity contribution in [3.8, 4) is 11.5 Å². The van der Waals surface area contributed by atoms with Gasteiger partial charge in [0, 0.05) is 16.2 Å². The van der Waals surface area contributed by atoms with E-state index in [2.05, 4.69) is 78.9 Å². The minimum atomic E-state index is 0.154. The van der Waals surface area contributed by atoms with Crippen molar-refractivity contribution >= 4 is 66.6 Å². The molecule has 2 aliphatic heterocycles. The molecule has 29 heavy (non-hydrogen) atoms. The molecule has 0 atom stereocenters. The molecule has 2 aliphatic rings. The highest BCUT2D eigenvalue weighted by atomic mass is 16.5. The Morgan fingerprint density at radius 2 is 1.45 bits per heavy atom. The summed E-state index contributed by atoms with van der Waals surface area (Å²) in [5.74, 6) is 1.94. The molecule has 2 nitrogen and oxygen atoms in total. The molecule has 0 fully saturated rings. The van der Waals surface area contributed by atoms with E-state index >= 15 is 0 Å². The molecule has 0 saturated carbocycles. The van der Waals surface area contributed by atoms with Gasteiger partial charge in [-0.3, -0.25) is 0 Å². The van der Waals surface area contributed by atoms with Crippen LogP contribution in [-0.2, 0) is 0 Å². The van der Waals surface area contributed by atoms with E-state index in [4.69, 9.17) is 9.15 Å². The standard InChI is InChI=1S/C26H13BO2/c1-2-5-16-14(4-1)8-11-18-26(16)29-21-13-10-15-9-12-20-24-22(15)25(21)27(18)17-6-3-7-19(28-20)23(17)24/h1-13H. The fraction of sp³-hybridized carbons (Fsp3) is 0. The lowest BCUT2D eigenvalue weighted by Gasteiger charge is -2.31. The molecule has 0 unspecified atom stereocenters. The van der Waals surface area contributed by atoms with Crippen LogP contribution in [-0.4, -0.2) is 6.71 Å². The van der Waals surface area contributed by atoms with Crippen LogP contribution in [0.1, 0.15) is 0 Å². The highest BCUT2D eigenvalue weighted by Gasteiger charge is 2.39. The molecule has 0 radical (unpaired) electrons. The molecule has 1 aromatic heterocycles. The molecule has 3 heterocycles. The van der Waals surface area contributed by atoms with Crippen LogP contribution in [0.25, 0.3) is 43.5 Å². The van der Waals surface area contributed by atoms with Gasteiger partial charge in [-0.1, -0.05) is 66.1 Å². The molecular formula is C26H13BO2. The fourth-order valence-electron chi connectivity index (χ4n) is 5.57. The monoisotopic (exact) mass is 368 g/mol. The van der Waals surface area contributed by atoms with Gasteiger partial charge in [-0.2, -0.15) is 0 Å². The van der Waals surface area contributed by atoms with Gasteiger partial charge in [0.1, 0.15) is 22.7 Å². The molecule has 0 aliphatic carbocycles. The van der Waals surface area contributed by atoms with E-state index in [0.717, 1.165) is 22.7 Å². The predicted octanol–water partition coefficient (Wildman–Crippen LogP) is 4.83. The molecular weight excluding hydrogens is 355 g/mol. The van der Waals surface area contributed by atoms with Crippen molar-refractivity contribution < 1.29 is 9.15 Å². The lowest BCUT2D eigenvalue weighted by atomic mass is 9.33. The molecule has 3 heteroatoms. The van der Waals surface area contributed by atoms with E-state index in [1.807, 2.05) is 0 Å². The Kier molecular flexibility index (Phi) is 2.29. The minimum absolute atomic E-state index is 0.154. The number of fused-ring (bicyclic) bond motifs is 5. The molecule has 0 spiro atoms. The van der Waals surface area contributed by atoms with Crippen molar-refractivity contribution in [1.29, 1.82) is 0 Å². The van der Waals surface area contributed by atoms with Gasteiger partial charge in [0.05, 0.1) is 0 Å². The van der Waals surface area contributed by atoms with Crippen LogP contribution in [0.5, 0.6) is 11.5 Å². The predicted molar refractivity (Wildman–Crippen MR) is 120 cm³/mol. The molecule has 5 aromatic carbocycles. The number of hydrogen-bond donors (Lipinski definition) is 0. The molecule has 0 bridgehead atoms. The van der Waals surface area contributed by atoms with Crippen LogP contribution in [0.2, 0.25) is 0 Å². The maximum absolute atomic E-state index is 6.59. The van der Waals surface area contributed by atoms with Crippen molar-refractivity contribution in [3.05, 3.63) is 78.9 Å².